The Hall–Kier alpha value is -2.50. The topological polar surface area (TPSA) is 73.9 Å². The van der Waals surface area contributed by atoms with Crippen LogP contribution in [0.5, 0.6) is 5.88 Å². The minimum Gasteiger partial charge on any atom is -0.476 e. The van der Waals surface area contributed by atoms with Crippen LogP contribution in [-0.4, -0.2) is 26.9 Å². The molecule has 0 saturated heterocycles. The van der Waals surface area contributed by atoms with E-state index in [1.165, 1.54) is 5.56 Å². The zero-order valence-corrected chi connectivity index (χ0v) is 12.7. The maximum Gasteiger partial charge on any atom is 0.246 e. The number of benzene rings is 1. The summed E-state index contributed by atoms with van der Waals surface area (Å²) in [7, 11) is 0. The molecule has 2 aromatic heterocycles. The maximum atomic E-state index is 5.77. The standard InChI is InChI=1S/C16H18N4O2/c1-3-4-9-21-16-13(10-12-7-5-11(2)6-8-12)17-14-15(18-16)20-22-19-14/h5-8H,3-4,9-10H2,1-2H3. The van der Waals surface area contributed by atoms with Crippen LogP contribution in [0.3, 0.4) is 0 Å². The van der Waals surface area contributed by atoms with Gasteiger partial charge in [-0.05, 0) is 29.2 Å². The quantitative estimate of drug-likeness (QED) is 0.651. The molecular formula is C16H18N4O2. The average molecular weight is 298 g/mol. The highest BCUT2D eigenvalue weighted by Crippen LogP contribution is 2.20. The van der Waals surface area contributed by atoms with Crippen molar-refractivity contribution in [2.24, 2.45) is 0 Å². The van der Waals surface area contributed by atoms with E-state index in [1.807, 2.05) is 0 Å². The maximum absolute atomic E-state index is 5.77. The Morgan fingerprint density at radius 1 is 1.05 bits per heavy atom. The van der Waals surface area contributed by atoms with Gasteiger partial charge >= 0.3 is 0 Å². The van der Waals surface area contributed by atoms with Gasteiger partial charge in [0, 0.05) is 6.42 Å². The Labute approximate surface area is 128 Å². The molecule has 0 amide bonds. The zero-order chi connectivity index (χ0) is 15.4. The number of unbranched alkanes of at least 4 members (excludes halogenated alkanes) is 1. The molecule has 22 heavy (non-hydrogen) atoms. The lowest BCUT2D eigenvalue weighted by molar-refractivity contribution is 0.293. The van der Waals surface area contributed by atoms with E-state index in [0.29, 0.717) is 30.2 Å². The number of hydrogen-bond donors (Lipinski definition) is 0. The highest BCUT2D eigenvalue weighted by atomic mass is 16.6. The van der Waals surface area contributed by atoms with E-state index < -0.39 is 0 Å². The summed E-state index contributed by atoms with van der Waals surface area (Å²) >= 11 is 0. The summed E-state index contributed by atoms with van der Waals surface area (Å²) in [6, 6.07) is 8.32. The number of ether oxygens (including phenoxy) is 1. The SMILES string of the molecule is CCCCOc1nc2nonc2nc1Cc1ccc(C)cc1. The van der Waals surface area contributed by atoms with Crippen LogP contribution in [0, 0.1) is 6.92 Å². The van der Waals surface area contributed by atoms with E-state index >= 15 is 0 Å². The summed E-state index contributed by atoms with van der Waals surface area (Å²) in [6.45, 7) is 4.80. The lowest BCUT2D eigenvalue weighted by Gasteiger charge is -2.09. The molecule has 0 unspecified atom stereocenters. The molecule has 1 aromatic carbocycles. The summed E-state index contributed by atoms with van der Waals surface area (Å²) in [4.78, 5) is 8.85. The van der Waals surface area contributed by atoms with Crippen molar-refractivity contribution in [2.75, 3.05) is 6.61 Å². The first-order valence-corrected chi connectivity index (χ1v) is 7.44. The first kappa shape index (κ1) is 14.4. The van der Waals surface area contributed by atoms with Crippen LogP contribution in [0.15, 0.2) is 28.9 Å². The molecule has 114 valence electrons. The predicted octanol–water partition coefficient (Wildman–Crippen LogP) is 3.09. The van der Waals surface area contributed by atoms with Crippen LogP contribution in [-0.2, 0) is 6.42 Å². The molecular weight excluding hydrogens is 280 g/mol. The number of aromatic nitrogens is 4. The molecule has 0 atom stereocenters. The number of aryl methyl sites for hydroxylation is 1. The predicted molar refractivity (Wildman–Crippen MR) is 81.8 cm³/mol. The van der Waals surface area contributed by atoms with E-state index in [1.54, 1.807) is 0 Å². The van der Waals surface area contributed by atoms with E-state index in [-0.39, 0.29) is 0 Å². The van der Waals surface area contributed by atoms with Crippen LogP contribution >= 0.6 is 0 Å². The van der Waals surface area contributed by atoms with Gasteiger partial charge in [0.05, 0.1) is 6.61 Å². The molecule has 2 heterocycles. The molecule has 0 spiro atoms. The molecule has 0 saturated carbocycles. The van der Waals surface area contributed by atoms with Gasteiger partial charge in [-0.25, -0.2) is 9.61 Å². The van der Waals surface area contributed by atoms with E-state index in [0.717, 1.165) is 24.1 Å². The molecule has 6 heteroatoms. The van der Waals surface area contributed by atoms with Crippen molar-refractivity contribution in [3.8, 4) is 5.88 Å². The van der Waals surface area contributed by atoms with Crippen molar-refractivity contribution in [3.05, 3.63) is 41.1 Å². The molecule has 0 aliphatic rings. The minimum atomic E-state index is 0.374. The minimum absolute atomic E-state index is 0.374. The van der Waals surface area contributed by atoms with Gasteiger partial charge in [-0.15, -0.1) is 0 Å². The second kappa shape index (κ2) is 6.51. The highest BCUT2D eigenvalue weighted by Gasteiger charge is 2.14. The Morgan fingerprint density at radius 3 is 2.50 bits per heavy atom. The Kier molecular flexibility index (Phi) is 4.27. The first-order chi connectivity index (χ1) is 10.8. The average Bonchev–Trinajstić information content (AvgIpc) is 2.97. The molecule has 3 rings (SSSR count). The first-order valence-electron chi connectivity index (χ1n) is 7.44. The normalized spacial score (nSPS) is 11.0. The van der Waals surface area contributed by atoms with E-state index in [9.17, 15) is 0 Å². The lowest BCUT2D eigenvalue weighted by Crippen LogP contribution is -2.05. The molecule has 3 aromatic rings. The third-order valence-electron chi connectivity index (χ3n) is 3.38. The molecule has 0 N–H and O–H groups in total. The largest absolute Gasteiger partial charge is 0.476 e. The molecule has 0 aliphatic heterocycles. The van der Waals surface area contributed by atoms with Crippen molar-refractivity contribution in [1.29, 1.82) is 0 Å². The van der Waals surface area contributed by atoms with Crippen molar-refractivity contribution in [1.82, 2.24) is 20.3 Å². The van der Waals surface area contributed by atoms with Gasteiger partial charge in [-0.3, -0.25) is 0 Å². The number of nitrogens with zero attached hydrogens (tertiary/aromatic N) is 4. The number of hydrogen-bond acceptors (Lipinski definition) is 6. The fraction of sp³-hybridized carbons (Fsp3) is 0.375. The Morgan fingerprint density at radius 2 is 1.77 bits per heavy atom. The van der Waals surface area contributed by atoms with Gasteiger partial charge in [0.25, 0.3) is 0 Å². The zero-order valence-electron chi connectivity index (χ0n) is 12.7. The molecule has 6 nitrogen and oxygen atoms in total. The van der Waals surface area contributed by atoms with Crippen molar-refractivity contribution in [2.45, 2.75) is 33.1 Å². The Bertz CT molecular complexity index is 752. The van der Waals surface area contributed by atoms with Crippen LogP contribution < -0.4 is 4.74 Å². The van der Waals surface area contributed by atoms with Crippen molar-refractivity contribution >= 4 is 11.3 Å². The summed E-state index contributed by atoms with van der Waals surface area (Å²) in [6.07, 6.45) is 2.67. The molecule has 0 radical (unpaired) electrons. The second-order valence-electron chi connectivity index (χ2n) is 5.25. The van der Waals surface area contributed by atoms with Gasteiger partial charge in [0.15, 0.2) is 0 Å². The third-order valence-corrected chi connectivity index (χ3v) is 3.38. The summed E-state index contributed by atoms with van der Waals surface area (Å²) in [5.41, 5.74) is 3.91. The monoisotopic (exact) mass is 298 g/mol. The van der Waals surface area contributed by atoms with E-state index in [4.69, 9.17) is 4.74 Å². The van der Waals surface area contributed by atoms with Gasteiger partial charge in [-0.1, -0.05) is 43.2 Å². The van der Waals surface area contributed by atoms with Crippen LogP contribution in [0.2, 0.25) is 0 Å². The molecule has 0 bridgehead atoms. The Balaban J connectivity index is 1.90. The highest BCUT2D eigenvalue weighted by molar-refractivity contribution is 5.64. The summed E-state index contributed by atoms with van der Waals surface area (Å²) in [5.74, 6) is 0.511. The molecule has 0 aliphatic carbocycles. The van der Waals surface area contributed by atoms with Crippen molar-refractivity contribution in [3.63, 3.8) is 0 Å². The number of rotatable bonds is 6. The fourth-order valence-corrected chi connectivity index (χ4v) is 2.10. The third kappa shape index (κ3) is 3.21. The second-order valence-corrected chi connectivity index (χ2v) is 5.25. The fourth-order valence-electron chi connectivity index (χ4n) is 2.10. The van der Waals surface area contributed by atoms with Gasteiger partial charge in [0.2, 0.25) is 17.2 Å². The van der Waals surface area contributed by atoms with Gasteiger partial charge in [-0.2, -0.15) is 4.98 Å². The summed E-state index contributed by atoms with van der Waals surface area (Å²) < 4.78 is 10.5. The smallest absolute Gasteiger partial charge is 0.246 e. The molecule has 0 fully saturated rings. The van der Waals surface area contributed by atoms with E-state index in [2.05, 4.69) is 63.0 Å². The lowest BCUT2D eigenvalue weighted by atomic mass is 10.1. The van der Waals surface area contributed by atoms with Crippen LogP contribution in [0.4, 0.5) is 0 Å². The summed E-state index contributed by atoms with van der Waals surface area (Å²) in [5, 5.41) is 7.49. The number of fused-ring (bicyclic) bond motifs is 1. The van der Waals surface area contributed by atoms with Gasteiger partial charge in [0.1, 0.15) is 5.69 Å². The van der Waals surface area contributed by atoms with Gasteiger partial charge < -0.3 is 4.74 Å². The van der Waals surface area contributed by atoms with Crippen LogP contribution in [0.1, 0.15) is 36.6 Å². The van der Waals surface area contributed by atoms with Crippen LogP contribution in [0.25, 0.3) is 11.3 Å². The van der Waals surface area contributed by atoms with Crippen molar-refractivity contribution < 1.29 is 9.37 Å².